The highest BCUT2D eigenvalue weighted by molar-refractivity contribution is 5.77. The number of rotatable bonds is 4. The van der Waals surface area contributed by atoms with Crippen LogP contribution in [0.3, 0.4) is 0 Å². The zero-order valence-corrected chi connectivity index (χ0v) is 8.72. The fourth-order valence-corrected chi connectivity index (χ4v) is 1.68. The third-order valence-electron chi connectivity index (χ3n) is 2.41. The maximum Gasteiger partial charge on any atom is 0.411 e. The largest absolute Gasteiger partial charge is 0.411 e. The van der Waals surface area contributed by atoms with Gasteiger partial charge < -0.3 is 15.8 Å². The standard InChI is InChI=1S/C9H15F3N2O2/c10-9(11,12)5-16-4-8(15)14-7-3-1-2-6(7)13/h6-7H,1-5,13H2,(H,14,15). The number of nitrogens with one attached hydrogen (secondary N) is 1. The average molecular weight is 240 g/mol. The van der Waals surface area contributed by atoms with E-state index in [0.29, 0.717) is 0 Å². The molecule has 4 nitrogen and oxygen atoms in total. The lowest BCUT2D eigenvalue weighted by atomic mass is 10.2. The lowest BCUT2D eigenvalue weighted by Crippen LogP contribution is -2.45. The van der Waals surface area contributed by atoms with Crippen molar-refractivity contribution in [1.29, 1.82) is 0 Å². The summed E-state index contributed by atoms with van der Waals surface area (Å²) in [6.45, 7) is -1.99. The Morgan fingerprint density at radius 1 is 1.44 bits per heavy atom. The van der Waals surface area contributed by atoms with Gasteiger partial charge >= 0.3 is 6.18 Å². The van der Waals surface area contributed by atoms with Crippen LogP contribution in [-0.2, 0) is 9.53 Å². The summed E-state index contributed by atoms with van der Waals surface area (Å²) >= 11 is 0. The van der Waals surface area contributed by atoms with Crippen molar-refractivity contribution in [1.82, 2.24) is 5.32 Å². The summed E-state index contributed by atoms with van der Waals surface area (Å²) in [4.78, 5) is 11.2. The number of nitrogens with two attached hydrogens (primary N) is 1. The van der Waals surface area contributed by atoms with Crippen molar-refractivity contribution in [2.45, 2.75) is 37.5 Å². The summed E-state index contributed by atoms with van der Waals surface area (Å²) in [5, 5.41) is 2.56. The first-order chi connectivity index (χ1) is 7.38. The molecule has 16 heavy (non-hydrogen) atoms. The molecule has 0 heterocycles. The highest BCUT2D eigenvalue weighted by atomic mass is 19.4. The average Bonchev–Trinajstić information content (AvgIpc) is 2.49. The zero-order chi connectivity index (χ0) is 12.2. The number of hydrogen-bond donors (Lipinski definition) is 2. The Labute approximate surface area is 91.3 Å². The zero-order valence-electron chi connectivity index (χ0n) is 8.72. The van der Waals surface area contributed by atoms with E-state index >= 15 is 0 Å². The van der Waals surface area contributed by atoms with Crippen LogP contribution in [0.2, 0.25) is 0 Å². The maximum absolute atomic E-state index is 11.7. The van der Waals surface area contributed by atoms with Gasteiger partial charge in [-0.2, -0.15) is 13.2 Å². The summed E-state index contributed by atoms with van der Waals surface area (Å²) in [6, 6.07) is -0.242. The lowest BCUT2D eigenvalue weighted by Gasteiger charge is -2.17. The number of carbonyl (C=O) groups is 1. The molecule has 1 aliphatic carbocycles. The van der Waals surface area contributed by atoms with Crippen LogP contribution in [0.1, 0.15) is 19.3 Å². The van der Waals surface area contributed by atoms with Crippen molar-refractivity contribution in [3.63, 3.8) is 0 Å². The molecule has 0 aromatic rings. The Bertz CT molecular complexity index is 245. The molecule has 1 aliphatic rings. The fraction of sp³-hybridized carbons (Fsp3) is 0.889. The summed E-state index contributed by atoms with van der Waals surface area (Å²) in [5.74, 6) is -0.549. The minimum absolute atomic E-state index is 0.105. The van der Waals surface area contributed by atoms with Gasteiger partial charge in [0.1, 0.15) is 13.2 Å². The van der Waals surface area contributed by atoms with Gasteiger partial charge in [0.15, 0.2) is 0 Å². The molecule has 2 unspecified atom stereocenters. The Balaban J connectivity index is 2.16. The molecule has 1 amide bonds. The predicted molar refractivity (Wildman–Crippen MR) is 50.6 cm³/mol. The molecular formula is C9H15F3N2O2. The third kappa shape index (κ3) is 4.80. The van der Waals surface area contributed by atoms with Crippen LogP contribution >= 0.6 is 0 Å². The first-order valence-corrected chi connectivity index (χ1v) is 5.08. The molecule has 2 atom stereocenters. The van der Waals surface area contributed by atoms with Gasteiger partial charge in [-0.05, 0) is 19.3 Å². The second-order valence-corrected chi connectivity index (χ2v) is 3.88. The molecule has 0 aromatic heterocycles. The molecular weight excluding hydrogens is 225 g/mol. The van der Waals surface area contributed by atoms with Crippen molar-refractivity contribution in [2.24, 2.45) is 5.73 Å². The molecule has 0 bridgehead atoms. The summed E-state index contributed by atoms with van der Waals surface area (Å²) in [7, 11) is 0. The smallest absolute Gasteiger partial charge is 0.362 e. The van der Waals surface area contributed by atoms with Gasteiger partial charge in [0, 0.05) is 12.1 Å². The van der Waals surface area contributed by atoms with E-state index in [0.717, 1.165) is 19.3 Å². The van der Waals surface area contributed by atoms with Crippen molar-refractivity contribution in [3.8, 4) is 0 Å². The van der Waals surface area contributed by atoms with Crippen LogP contribution in [0.5, 0.6) is 0 Å². The van der Waals surface area contributed by atoms with E-state index in [2.05, 4.69) is 10.1 Å². The summed E-state index contributed by atoms with van der Waals surface area (Å²) in [5.41, 5.74) is 5.69. The molecule has 0 saturated heterocycles. The molecule has 3 N–H and O–H groups in total. The normalized spacial score (nSPS) is 25.8. The number of alkyl halides is 3. The van der Waals surface area contributed by atoms with Crippen LogP contribution in [0, 0.1) is 0 Å². The van der Waals surface area contributed by atoms with Gasteiger partial charge in [0.2, 0.25) is 5.91 Å². The molecule has 1 rings (SSSR count). The van der Waals surface area contributed by atoms with Gasteiger partial charge in [0.25, 0.3) is 0 Å². The molecule has 1 fully saturated rings. The second kappa shape index (κ2) is 5.49. The Kier molecular flexibility index (Phi) is 4.55. The maximum atomic E-state index is 11.7. The molecule has 7 heteroatoms. The Morgan fingerprint density at radius 2 is 2.12 bits per heavy atom. The van der Waals surface area contributed by atoms with Gasteiger partial charge in [-0.1, -0.05) is 0 Å². The number of halogens is 3. The SMILES string of the molecule is NC1CCCC1NC(=O)COCC(F)(F)F. The monoisotopic (exact) mass is 240 g/mol. The van der Waals surface area contributed by atoms with E-state index in [1.54, 1.807) is 0 Å². The van der Waals surface area contributed by atoms with E-state index in [1.807, 2.05) is 0 Å². The van der Waals surface area contributed by atoms with Gasteiger partial charge in [-0.25, -0.2) is 0 Å². The van der Waals surface area contributed by atoms with E-state index < -0.39 is 25.3 Å². The van der Waals surface area contributed by atoms with E-state index in [-0.39, 0.29) is 12.1 Å². The van der Waals surface area contributed by atoms with Crippen molar-refractivity contribution in [3.05, 3.63) is 0 Å². The van der Waals surface area contributed by atoms with Crippen molar-refractivity contribution < 1.29 is 22.7 Å². The third-order valence-corrected chi connectivity index (χ3v) is 2.41. The van der Waals surface area contributed by atoms with Crippen LogP contribution in [-0.4, -0.2) is 37.4 Å². The molecule has 94 valence electrons. The number of carbonyl (C=O) groups excluding carboxylic acids is 1. The topological polar surface area (TPSA) is 64.3 Å². The number of amides is 1. The first kappa shape index (κ1) is 13.2. The minimum atomic E-state index is -4.40. The van der Waals surface area contributed by atoms with Crippen LogP contribution in [0.4, 0.5) is 13.2 Å². The van der Waals surface area contributed by atoms with Crippen LogP contribution in [0.15, 0.2) is 0 Å². The highest BCUT2D eigenvalue weighted by Gasteiger charge is 2.29. The lowest BCUT2D eigenvalue weighted by molar-refractivity contribution is -0.175. The van der Waals surface area contributed by atoms with Gasteiger partial charge in [-0.15, -0.1) is 0 Å². The molecule has 1 saturated carbocycles. The Morgan fingerprint density at radius 3 is 2.62 bits per heavy atom. The van der Waals surface area contributed by atoms with Crippen molar-refractivity contribution in [2.75, 3.05) is 13.2 Å². The number of ether oxygens (including phenoxy) is 1. The van der Waals surface area contributed by atoms with E-state index in [4.69, 9.17) is 5.73 Å². The predicted octanol–water partition coefficient (Wildman–Crippen LogP) is 0.561. The summed E-state index contributed by atoms with van der Waals surface area (Å²) < 4.78 is 39.3. The van der Waals surface area contributed by atoms with E-state index in [1.165, 1.54) is 0 Å². The highest BCUT2D eigenvalue weighted by Crippen LogP contribution is 2.17. The van der Waals surface area contributed by atoms with Gasteiger partial charge in [-0.3, -0.25) is 4.79 Å². The molecule has 0 spiro atoms. The minimum Gasteiger partial charge on any atom is -0.362 e. The van der Waals surface area contributed by atoms with Crippen LogP contribution < -0.4 is 11.1 Å². The molecule has 0 aromatic carbocycles. The first-order valence-electron chi connectivity index (χ1n) is 5.08. The van der Waals surface area contributed by atoms with Crippen molar-refractivity contribution >= 4 is 5.91 Å². The Hall–Kier alpha value is -0.820. The van der Waals surface area contributed by atoms with Crippen LogP contribution in [0.25, 0.3) is 0 Å². The van der Waals surface area contributed by atoms with E-state index in [9.17, 15) is 18.0 Å². The molecule has 0 aliphatic heterocycles. The quantitative estimate of drug-likeness (QED) is 0.754. The fourth-order valence-electron chi connectivity index (χ4n) is 1.68. The summed E-state index contributed by atoms with van der Waals surface area (Å²) in [6.07, 6.45) is -1.87. The second-order valence-electron chi connectivity index (χ2n) is 3.88. The molecule has 0 radical (unpaired) electrons. The van der Waals surface area contributed by atoms with Gasteiger partial charge in [0.05, 0.1) is 0 Å². The number of hydrogen-bond acceptors (Lipinski definition) is 3.